The molecule has 4 heteroatoms. The maximum absolute atomic E-state index is 4.44. The number of hydrogen-bond donors (Lipinski definition) is 1. The summed E-state index contributed by atoms with van der Waals surface area (Å²) in [6.45, 7) is 5.11. The average molecular weight is 322 g/mol. The molecule has 0 radical (unpaired) electrons. The molecule has 0 amide bonds. The van der Waals surface area contributed by atoms with E-state index in [-0.39, 0.29) is 6.04 Å². The summed E-state index contributed by atoms with van der Waals surface area (Å²) in [6.07, 6.45) is 0.953. The molecule has 19 heavy (non-hydrogen) atoms. The van der Waals surface area contributed by atoms with Crippen molar-refractivity contribution >= 4 is 15.9 Å². The first-order chi connectivity index (χ1) is 9.11. The Morgan fingerprint density at radius 2 is 2.11 bits per heavy atom. The number of likely N-dealkylation sites (N-methyl/N-ethyl adjacent to an activating group) is 1. The predicted octanol–water partition coefficient (Wildman–Crippen LogP) is 3.38. The zero-order chi connectivity index (χ0) is 13.8. The van der Waals surface area contributed by atoms with Crippen molar-refractivity contribution in [3.63, 3.8) is 0 Å². The molecule has 0 fully saturated rings. The first kappa shape index (κ1) is 14.3. The third kappa shape index (κ3) is 3.45. The number of rotatable bonds is 5. The Hall–Kier alpha value is -1.13. The minimum Gasteiger partial charge on any atom is -0.309 e. The van der Waals surface area contributed by atoms with Crippen LogP contribution in [-0.2, 0) is 13.5 Å². The van der Waals surface area contributed by atoms with Crippen molar-refractivity contribution in [3.8, 4) is 0 Å². The van der Waals surface area contributed by atoms with Gasteiger partial charge < -0.3 is 5.32 Å². The second-order valence-corrected chi connectivity index (χ2v) is 5.59. The standard InChI is InChI=1S/C15H20BrN3/c1-4-17-14(15-9-11(2)18-19(15)3)10-12-7-5-6-8-13(12)16/h5-9,14,17H,4,10H2,1-3H3. The van der Waals surface area contributed by atoms with E-state index in [0.717, 1.165) is 23.1 Å². The van der Waals surface area contributed by atoms with Gasteiger partial charge in [-0.25, -0.2) is 0 Å². The van der Waals surface area contributed by atoms with Gasteiger partial charge in [0.05, 0.1) is 17.4 Å². The van der Waals surface area contributed by atoms with Gasteiger partial charge in [-0.2, -0.15) is 5.10 Å². The molecule has 0 spiro atoms. The van der Waals surface area contributed by atoms with Crippen molar-refractivity contribution in [3.05, 3.63) is 51.8 Å². The molecule has 102 valence electrons. The molecule has 0 aliphatic carbocycles. The third-order valence-corrected chi connectivity index (χ3v) is 4.00. The molecule has 0 aliphatic rings. The van der Waals surface area contributed by atoms with Crippen LogP contribution in [0.4, 0.5) is 0 Å². The number of nitrogens with zero attached hydrogens (tertiary/aromatic N) is 2. The lowest BCUT2D eigenvalue weighted by Crippen LogP contribution is -2.25. The number of halogens is 1. The van der Waals surface area contributed by atoms with E-state index in [0.29, 0.717) is 0 Å². The molecule has 0 saturated heterocycles. The summed E-state index contributed by atoms with van der Waals surface area (Å²) in [7, 11) is 2.01. The maximum atomic E-state index is 4.44. The number of aryl methyl sites for hydroxylation is 2. The lowest BCUT2D eigenvalue weighted by molar-refractivity contribution is 0.507. The lowest BCUT2D eigenvalue weighted by Gasteiger charge is -2.19. The van der Waals surface area contributed by atoms with Crippen LogP contribution in [0.1, 0.15) is 29.9 Å². The van der Waals surface area contributed by atoms with Crippen molar-refractivity contribution in [2.75, 3.05) is 6.54 Å². The summed E-state index contributed by atoms with van der Waals surface area (Å²) in [6, 6.07) is 10.8. The molecule has 1 aromatic heterocycles. The molecule has 1 aromatic carbocycles. The van der Waals surface area contributed by atoms with Crippen molar-refractivity contribution in [1.29, 1.82) is 0 Å². The molecular formula is C15H20BrN3. The van der Waals surface area contributed by atoms with Gasteiger partial charge in [0.2, 0.25) is 0 Å². The largest absolute Gasteiger partial charge is 0.309 e. The number of benzene rings is 1. The van der Waals surface area contributed by atoms with Crippen LogP contribution in [0, 0.1) is 6.92 Å². The Balaban J connectivity index is 2.26. The number of aromatic nitrogens is 2. The van der Waals surface area contributed by atoms with E-state index < -0.39 is 0 Å². The molecule has 1 heterocycles. The summed E-state index contributed by atoms with van der Waals surface area (Å²) >= 11 is 3.62. The zero-order valence-electron chi connectivity index (χ0n) is 11.7. The fourth-order valence-corrected chi connectivity index (χ4v) is 2.81. The number of nitrogens with one attached hydrogen (secondary N) is 1. The molecule has 0 saturated carbocycles. The third-order valence-electron chi connectivity index (χ3n) is 3.23. The molecule has 2 aromatic rings. The van der Waals surface area contributed by atoms with Gasteiger partial charge in [0.15, 0.2) is 0 Å². The highest BCUT2D eigenvalue weighted by Gasteiger charge is 2.16. The average Bonchev–Trinajstić information content (AvgIpc) is 2.70. The quantitative estimate of drug-likeness (QED) is 0.914. The summed E-state index contributed by atoms with van der Waals surface area (Å²) in [4.78, 5) is 0. The van der Waals surface area contributed by atoms with Crippen LogP contribution in [0.25, 0.3) is 0 Å². The van der Waals surface area contributed by atoms with Gasteiger partial charge in [-0.1, -0.05) is 41.1 Å². The van der Waals surface area contributed by atoms with E-state index in [4.69, 9.17) is 0 Å². The van der Waals surface area contributed by atoms with Crippen LogP contribution < -0.4 is 5.32 Å². The van der Waals surface area contributed by atoms with Gasteiger partial charge in [-0.05, 0) is 37.6 Å². The smallest absolute Gasteiger partial charge is 0.0597 e. The van der Waals surface area contributed by atoms with Crippen molar-refractivity contribution in [2.24, 2.45) is 7.05 Å². The summed E-state index contributed by atoms with van der Waals surface area (Å²) < 4.78 is 3.14. The van der Waals surface area contributed by atoms with Crippen LogP contribution in [0.15, 0.2) is 34.8 Å². The molecule has 2 rings (SSSR count). The lowest BCUT2D eigenvalue weighted by atomic mass is 10.0. The summed E-state index contributed by atoms with van der Waals surface area (Å²) in [5, 5.41) is 7.99. The van der Waals surface area contributed by atoms with Crippen LogP contribution in [0.5, 0.6) is 0 Å². The summed E-state index contributed by atoms with van der Waals surface area (Å²) in [5.41, 5.74) is 3.61. The topological polar surface area (TPSA) is 29.9 Å². The minimum absolute atomic E-state index is 0.287. The van der Waals surface area contributed by atoms with E-state index >= 15 is 0 Å². The van der Waals surface area contributed by atoms with Crippen LogP contribution in [0.3, 0.4) is 0 Å². The van der Waals surface area contributed by atoms with E-state index in [2.05, 4.69) is 57.5 Å². The molecule has 0 aliphatic heterocycles. The monoisotopic (exact) mass is 321 g/mol. The van der Waals surface area contributed by atoms with Gasteiger partial charge in [-0.3, -0.25) is 4.68 Å². The van der Waals surface area contributed by atoms with Crippen molar-refractivity contribution in [1.82, 2.24) is 15.1 Å². The van der Waals surface area contributed by atoms with Crippen molar-refractivity contribution in [2.45, 2.75) is 26.3 Å². The van der Waals surface area contributed by atoms with Crippen LogP contribution >= 0.6 is 15.9 Å². The Labute approximate surface area is 123 Å². The first-order valence-corrected chi connectivity index (χ1v) is 7.38. The Kier molecular flexibility index (Phi) is 4.77. The van der Waals surface area contributed by atoms with E-state index in [1.54, 1.807) is 0 Å². The normalized spacial score (nSPS) is 12.6. The molecular weight excluding hydrogens is 302 g/mol. The first-order valence-electron chi connectivity index (χ1n) is 6.59. The molecule has 0 bridgehead atoms. The van der Waals surface area contributed by atoms with E-state index in [1.807, 2.05) is 24.7 Å². The molecule has 1 atom stereocenters. The summed E-state index contributed by atoms with van der Waals surface area (Å²) in [5.74, 6) is 0. The Morgan fingerprint density at radius 3 is 2.68 bits per heavy atom. The highest BCUT2D eigenvalue weighted by molar-refractivity contribution is 9.10. The highest BCUT2D eigenvalue weighted by Crippen LogP contribution is 2.24. The Bertz CT molecular complexity index is 548. The minimum atomic E-state index is 0.287. The maximum Gasteiger partial charge on any atom is 0.0597 e. The van der Waals surface area contributed by atoms with E-state index in [9.17, 15) is 0 Å². The van der Waals surface area contributed by atoms with Gasteiger partial charge >= 0.3 is 0 Å². The molecule has 1 unspecified atom stereocenters. The zero-order valence-corrected chi connectivity index (χ0v) is 13.2. The molecule has 3 nitrogen and oxygen atoms in total. The van der Waals surface area contributed by atoms with E-state index in [1.165, 1.54) is 11.3 Å². The van der Waals surface area contributed by atoms with Crippen LogP contribution in [0.2, 0.25) is 0 Å². The Morgan fingerprint density at radius 1 is 1.37 bits per heavy atom. The van der Waals surface area contributed by atoms with Gasteiger partial charge in [0, 0.05) is 11.5 Å². The fourth-order valence-electron chi connectivity index (χ4n) is 2.37. The fraction of sp³-hybridized carbons (Fsp3) is 0.400. The predicted molar refractivity (Wildman–Crippen MR) is 82.2 cm³/mol. The second kappa shape index (κ2) is 6.35. The number of hydrogen-bond acceptors (Lipinski definition) is 2. The SMILES string of the molecule is CCNC(Cc1ccccc1Br)c1cc(C)nn1C. The van der Waals surface area contributed by atoms with Crippen molar-refractivity contribution < 1.29 is 0 Å². The van der Waals surface area contributed by atoms with Gasteiger partial charge in [0.1, 0.15) is 0 Å². The van der Waals surface area contributed by atoms with Gasteiger partial charge in [-0.15, -0.1) is 0 Å². The highest BCUT2D eigenvalue weighted by atomic mass is 79.9. The molecule has 1 N–H and O–H groups in total. The second-order valence-electron chi connectivity index (χ2n) is 4.74. The van der Waals surface area contributed by atoms with Gasteiger partial charge in [0.25, 0.3) is 0 Å². The van der Waals surface area contributed by atoms with Crippen LogP contribution in [-0.4, -0.2) is 16.3 Å².